The van der Waals surface area contributed by atoms with Crippen molar-refractivity contribution in [3.63, 3.8) is 0 Å². The zero-order valence-corrected chi connectivity index (χ0v) is 12.2. The predicted molar refractivity (Wildman–Crippen MR) is 80.3 cm³/mol. The van der Waals surface area contributed by atoms with E-state index in [0.29, 0.717) is 11.6 Å². The van der Waals surface area contributed by atoms with Gasteiger partial charge in [-0.1, -0.05) is 26.1 Å². The maximum atomic E-state index is 5.73. The minimum atomic E-state index is 0.433. The predicted octanol–water partition coefficient (Wildman–Crippen LogP) is 2.35. The first kappa shape index (κ1) is 14.9. The van der Waals surface area contributed by atoms with Crippen LogP contribution in [0.5, 0.6) is 5.75 Å². The molecule has 0 saturated carbocycles. The summed E-state index contributed by atoms with van der Waals surface area (Å²) in [6.07, 6.45) is 0. The third-order valence-electron chi connectivity index (χ3n) is 3.03. The van der Waals surface area contributed by atoms with E-state index in [1.54, 1.807) is 0 Å². The molecule has 4 heteroatoms. The molecule has 0 saturated heterocycles. The summed E-state index contributed by atoms with van der Waals surface area (Å²) in [5, 5.41) is 0. The lowest BCUT2D eigenvalue weighted by Crippen LogP contribution is -2.27. The lowest BCUT2D eigenvalue weighted by molar-refractivity contribution is 0.222. The fourth-order valence-corrected chi connectivity index (χ4v) is 2.06. The van der Waals surface area contributed by atoms with Gasteiger partial charge in [0, 0.05) is 12.1 Å². The summed E-state index contributed by atoms with van der Waals surface area (Å²) in [7, 11) is 0. The van der Waals surface area contributed by atoms with E-state index in [2.05, 4.69) is 18.7 Å². The standard InChI is InChI=1S/C14H22N2OS/c1-4-16(5-2)8-9-17-12-6-7-13(14(15)18)11(3)10-12/h6-7,10H,4-5,8-9H2,1-3H3,(H2,15,18). The van der Waals surface area contributed by atoms with Crippen molar-refractivity contribution in [3.05, 3.63) is 29.3 Å². The van der Waals surface area contributed by atoms with Gasteiger partial charge in [-0.2, -0.15) is 0 Å². The van der Waals surface area contributed by atoms with Crippen LogP contribution in [0.25, 0.3) is 0 Å². The Labute approximate surface area is 115 Å². The topological polar surface area (TPSA) is 38.5 Å². The maximum Gasteiger partial charge on any atom is 0.119 e. The van der Waals surface area contributed by atoms with Crippen molar-refractivity contribution in [2.24, 2.45) is 5.73 Å². The van der Waals surface area contributed by atoms with Crippen molar-refractivity contribution in [3.8, 4) is 5.75 Å². The van der Waals surface area contributed by atoms with Crippen LogP contribution in [0, 0.1) is 6.92 Å². The van der Waals surface area contributed by atoms with Gasteiger partial charge in [0.1, 0.15) is 17.3 Å². The molecule has 0 unspecified atom stereocenters. The number of nitrogens with two attached hydrogens (primary N) is 1. The molecule has 0 atom stereocenters. The van der Waals surface area contributed by atoms with Crippen LogP contribution >= 0.6 is 12.2 Å². The SMILES string of the molecule is CCN(CC)CCOc1ccc(C(N)=S)c(C)c1. The van der Waals surface area contributed by atoms with Crippen molar-refractivity contribution < 1.29 is 4.74 Å². The molecule has 0 fully saturated rings. The van der Waals surface area contributed by atoms with E-state index in [9.17, 15) is 0 Å². The average molecular weight is 266 g/mol. The second-order valence-corrected chi connectivity index (χ2v) is 4.66. The van der Waals surface area contributed by atoms with Crippen molar-refractivity contribution in [1.82, 2.24) is 4.90 Å². The summed E-state index contributed by atoms with van der Waals surface area (Å²) in [5.74, 6) is 0.875. The molecule has 0 spiro atoms. The monoisotopic (exact) mass is 266 g/mol. The van der Waals surface area contributed by atoms with Crippen molar-refractivity contribution in [1.29, 1.82) is 0 Å². The van der Waals surface area contributed by atoms with E-state index in [4.69, 9.17) is 22.7 Å². The molecular weight excluding hydrogens is 244 g/mol. The first-order valence-corrected chi connectivity index (χ1v) is 6.74. The molecule has 18 heavy (non-hydrogen) atoms. The molecule has 0 radical (unpaired) electrons. The zero-order chi connectivity index (χ0) is 13.5. The Balaban J connectivity index is 2.53. The number of ether oxygens (including phenoxy) is 1. The number of aryl methyl sites for hydroxylation is 1. The molecule has 0 bridgehead atoms. The van der Waals surface area contributed by atoms with Gasteiger partial charge in [0.2, 0.25) is 0 Å². The number of nitrogens with zero attached hydrogens (tertiary/aromatic N) is 1. The summed E-state index contributed by atoms with van der Waals surface area (Å²) in [5.41, 5.74) is 7.60. The smallest absolute Gasteiger partial charge is 0.119 e. The Kier molecular flexibility index (Phi) is 6.09. The van der Waals surface area contributed by atoms with Gasteiger partial charge in [0.05, 0.1) is 0 Å². The molecule has 0 heterocycles. The molecule has 2 N–H and O–H groups in total. The molecule has 1 rings (SSSR count). The van der Waals surface area contributed by atoms with Crippen molar-refractivity contribution in [2.75, 3.05) is 26.2 Å². The Morgan fingerprint density at radius 2 is 2.00 bits per heavy atom. The summed E-state index contributed by atoms with van der Waals surface area (Å²) < 4.78 is 5.73. The number of likely N-dealkylation sites (N-methyl/N-ethyl adjacent to an activating group) is 1. The van der Waals surface area contributed by atoms with Gasteiger partial charge >= 0.3 is 0 Å². The highest BCUT2D eigenvalue weighted by atomic mass is 32.1. The molecule has 1 aromatic carbocycles. The largest absolute Gasteiger partial charge is 0.492 e. The van der Waals surface area contributed by atoms with Crippen LogP contribution < -0.4 is 10.5 Å². The zero-order valence-electron chi connectivity index (χ0n) is 11.4. The maximum absolute atomic E-state index is 5.73. The molecule has 0 aliphatic heterocycles. The van der Waals surface area contributed by atoms with Crippen molar-refractivity contribution >= 4 is 17.2 Å². The first-order valence-electron chi connectivity index (χ1n) is 6.34. The minimum absolute atomic E-state index is 0.433. The van der Waals surface area contributed by atoms with E-state index in [1.165, 1.54) is 0 Å². The van der Waals surface area contributed by atoms with Gasteiger partial charge < -0.3 is 15.4 Å². The normalized spacial score (nSPS) is 10.7. The quantitative estimate of drug-likeness (QED) is 0.769. The Morgan fingerprint density at radius 1 is 1.33 bits per heavy atom. The highest BCUT2D eigenvalue weighted by Gasteiger charge is 2.04. The summed E-state index contributed by atoms with van der Waals surface area (Å²) >= 11 is 4.98. The second kappa shape index (κ2) is 7.34. The molecule has 100 valence electrons. The Bertz CT molecular complexity index is 403. The molecule has 3 nitrogen and oxygen atoms in total. The summed E-state index contributed by atoms with van der Waals surface area (Å²) in [4.78, 5) is 2.76. The lowest BCUT2D eigenvalue weighted by Gasteiger charge is -2.18. The lowest BCUT2D eigenvalue weighted by atomic mass is 10.1. The molecule has 0 aromatic heterocycles. The molecule has 0 amide bonds. The van der Waals surface area contributed by atoms with E-state index in [1.807, 2.05) is 25.1 Å². The summed E-state index contributed by atoms with van der Waals surface area (Å²) in [6.45, 7) is 10.1. The first-order chi connectivity index (χ1) is 8.58. The van der Waals surface area contributed by atoms with Crippen molar-refractivity contribution in [2.45, 2.75) is 20.8 Å². The molecule has 0 aliphatic carbocycles. The molecule has 0 aliphatic rings. The van der Waals surface area contributed by atoms with Gasteiger partial charge in [0.15, 0.2) is 0 Å². The van der Waals surface area contributed by atoms with Gasteiger partial charge in [-0.05, 0) is 43.8 Å². The Morgan fingerprint density at radius 3 is 2.50 bits per heavy atom. The summed E-state index contributed by atoms with van der Waals surface area (Å²) in [6, 6.07) is 5.82. The van der Waals surface area contributed by atoms with Gasteiger partial charge in [-0.25, -0.2) is 0 Å². The van der Waals surface area contributed by atoms with Gasteiger partial charge in [-0.3, -0.25) is 0 Å². The third-order valence-corrected chi connectivity index (χ3v) is 3.25. The van der Waals surface area contributed by atoms with Crippen LogP contribution in [0.1, 0.15) is 25.0 Å². The number of rotatable bonds is 7. The average Bonchev–Trinajstić information content (AvgIpc) is 2.34. The fraction of sp³-hybridized carbons (Fsp3) is 0.500. The fourth-order valence-electron chi connectivity index (χ4n) is 1.83. The van der Waals surface area contributed by atoms with E-state index < -0.39 is 0 Å². The van der Waals surface area contributed by atoms with Gasteiger partial charge in [0.25, 0.3) is 0 Å². The van der Waals surface area contributed by atoms with E-state index in [-0.39, 0.29) is 0 Å². The number of thiocarbonyl (C=S) groups is 1. The molecule has 1 aromatic rings. The highest BCUT2D eigenvalue weighted by molar-refractivity contribution is 7.80. The van der Waals surface area contributed by atoms with E-state index >= 15 is 0 Å². The van der Waals surface area contributed by atoms with Crippen LogP contribution in [-0.2, 0) is 0 Å². The van der Waals surface area contributed by atoms with Gasteiger partial charge in [-0.15, -0.1) is 0 Å². The molecular formula is C14H22N2OS. The number of hydrogen-bond donors (Lipinski definition) is 1. The van der Waals surface area contributed by atoms with Crippen LogP contribution in [0.15, 0.2) is 18.2 Å². The van der Waals surface area contributed by atoms with Crippen LogP contribution in [0.3, 0.4) is 0 Å². The Hall–Kier alpha value is -1.13. The minimum Gasteiger partial charge on any atom is -0.492 e. The van der Waals surface area contributed by atoms with Crippen LogP contribution in [0.2, 0.25) is 0 Å². The van der Waals surface area contributed by atoms with E-state index in [0.717, 1.165) is 36.5 Å². The third kappa shape index (κ3) is 4.27. The number of benzene rings is 1. The van der Waals surface area contributed by atoms with Crippen LogP contribution in [-0.4, -0.2) is 36.1 Å². The van der Waals surface area contributed by atoms with Crippen LogP contribution in [0.4, 0.5) is 0 Å². The second-order valence-electron chi connectivity index (χ2n) is 4.22. The highest BCUT2D eigenvalue weighted by Crippen LogP contribution is 2.17. The number of hydrogen-bond acceptors (Lipinski definition) is 3.